The highest BCUT2D eigenvalue weighted by molar-refractivity contribution is 5.94. The first kappa shape index (κ1) is 21.8. The van der Waals surface area contributed by atoms with Crippen molar-refractivity contribution in [2.45, 2.75) is 39.7 Å². The maximum absolute atomic E-state index is 12.5. The fourth-order valence-electron chi connectivity index (χ4n) is 2.77. The molecule has 0 radical (unpaired) electrons. The largest absolute Gasteiger partial charge is 0.497 e. The Morgan fingerprint density at radius 2 is 1.86 bits per heavy atom. The van der Waals surface area contributed by atoms with Gasteiger partial charge in [0.25, 0.3) is 5.91 Å². The minimum absolute atomic E-state index is 0.0913. The molecule has 0 aliphatic rings. The van der Waals surface area contributed by atoms with Crippen molar-refractivity contribution < 1.29 is 19.0 Å². The molecular formula is C23H31NO4. The van der Waals surface area contributed by atoms with E-state index in [-0.39, 0.29) is 5.91 Å². The fraction of sp³-hybridized carbons (Fsp3) is 0.435. The molecule has 0 spiro atoms. The third kappa shape index (κ3) is 6.89. The Morgan fingerprint density at radius 1 is 1.07 bits per heavy atom. The molecule has 5 heteroatoms. The van der Waals surface area contributed by atoms with Crippen LogP contribution in [0.15, 0.2) is 42.5 Å². The summed E-state index contributed by atoms with van der Waals surface area (Å²) in [6.07, 6.45) is 2.88. The van der Waals surface area contributed by atoms with Crippen LogP contribution in [0, 0.1) is 0 Å². The van der Waals surface area contributed by atoms with Gasteiger partial charge in [-0.15, -0.1) is 0 Å². The third-order valence-corrected chi connectivity index (χ3v) is 4.38. The summed E-state index contributed by atoms with van der Waals surface area (Å²) in [4.78, 5) is 12.5. The molecular weight excluding hydrogens is 354 g/mol. The van der Waals surface area contributed by atoms with Crippen molar-refractivity contribution in [3.63, 3.8) is 0 Å². The summed E-state index contributed by atoms with van der Waals surface area (Å²) in [5, 5.41) is 2.98. The summed E-state index contributed by atoms with van der Waals surface area (Å²) in [6, 6.07) is 13.4. The number of ether oxygens (including phenoxy) is 3. The first-order valence-corrected chi connectivity index (χ1v) is 9.92. The molecule has 28 heavy (non-hydrogen) atoms. The van der Waals surface area contributed by atoms with E-state index in [1.807, 2.05) is 43.3 Å². The van der Waals surface area contributed by atoms with Crippen LogP contribution in [0.1, 0.15) is 48.2 Å². The van der Waals surface area contributed by atoms with Crippen LogP contribution in [0.5, 0.6) is 11.5 Å². The molecule has 152 valence electrons. The maximum Gasteiger partial charge on any atom is 0.251 e. The van der Waals surface area contributed by atoms with E-state index in [4.69, 9.17) is 14.2 Å². The first-order valence-electron chi connectivity index (χ1n) is 9.92. The Bertz CT molecular complexity index is 728. The van der Waals surface area contributed by atoms with E-state index in [1.54, 1.807) is 13.2 Å². The highest BCUT2D eigenvalue weighted by Crippen LogP contribution is 2.21. The van der Waals surface area contributed by atoms with Gasteiger partial charge in [-0.25, -0.2) is 0 Å². The molecule has 2 aromatic rings. The van der Waals surface area contributed by atoms with E-state index in [0.29, 0.717) is 31.9 Å². The van der Waals surface area contributed by atoms with Crippen LogP contribution < -0.4 is 14.8 Å². The molecule has 2 rings (SSSR count). The molecule has 0 heterocycles. The van der Waals surface area contributed by atoms with Crippen LogP contribution in [0.4, 0.5) is 0 Å². The van der Waals surface area contributed by atoms with Crippen LogP contribution in [-0.4, -0.2) is 32.8 Å². The van der Waals surface area contributed by atoms with Gasteiger partial charge in [-0.2, -0.15) is 0 Å². The highest BCUT2D eigenvalue weighted by Gasteiger charge is 2.11. The number of benzene rings is 2. The number of unbranched alkanes of at least 4 members (excludes halogenated alkanes) is 1. The lowest BCUT2D eigenvalue weighted by Gasteiger charge is -2.13. The summed E-state index contributed by atoms with van der Waals surface area (Å²) in [5.74, 6) is 1.51. The van der Waals surface area contributed by atoms with Gasteiger partial charge in [0, 0.05) is 24.3 Å². The second-order valence-corrected chi connectivity index (χ2v) is 6.52. The molecule has 0 unspecified atom stereocenters. The lowest BCUT2D eigenvalue weighted by Crippen LogP contribution is -2.25. The number of carbonyl (C=O) groups excluding carboxylic acids is 1. The second kappa shape index (κ2) is 12.0. The molecule has 1 N–H and O–H groups in total. The number of amides is 1. The number of methoxy groups -OCH3 is 1. The van der Waals surface area contributed by atoms with Crippen molar-refractivity contribution in [1.82, 2.24) is 5.32 Å². The van der Waals surface area contributed by atoms with Crippen molar-refractivity contribution >= 4 is 5.91 Å². The zero-order valence-corrected chi connectivity index (χ0v) is 17.1. The second-order valence-electron chi connectivity index (χ2n) is 6.52. The predicted molar refractivity (Wildman–Crippen MR) is 111 cm³/mol. The summed E-state index contributed by atoms with van der Waals surface area (Å²) in [7, 11) is 1.65. The van der Waals surface area contributed by atoms with Gasteiger partial charge in [0.05, 0.1) is 20.3 Å². The van der Waals surface area contributed by atoms with Gasteiger partial charge < -0.3 is 19.5 Å². The Balaban J connectivity index is 1.93. The molecule has 0 saturated heterocycles. The monoisotopic (exact) mass is 385 g/mol. The number of rotatable bonds is 12. The molecule has 0 saturated carbocycles. The Morgan fingerprint density at radius 3 is 2.54 bits per heavy atom. The normalized spacial score (nSPS) is 10.5. The van der Waals surface area contributed by atoms with Crippen molar-refractivity contribution in [3.8, 4) is 11.5 Å². The minimum atomic E-state index is -0.0913. The SMILES string of the molecule is CCCCOCc1cc(C(=O)NCCc2ccc(OC)cc2)ccc1OCC. The minimum Gasteiger partial charge on any atom is -0.497 e. The van der Waals surface area contributed by atoms with Crippen molar-refractivity contribution in [3.05, 3.63) is 59.2 Å². The summed E-state index contributed by atoms with van der Waals surface area (Å²) >= 11 is 0. The quantitative estimate of drug-likeness (QED) is 0.551. The molecule has 2 aromatic carbocycles. The predicted octanol–water partition coefficient (Wildman–Crippen LogP) is 4.38. The van der Waals surface area contributed by atoms with Gasteiger partial charge >= 0.3 is 0 Å². The van der Waals surface area contributed by atoms with Gasteiger partial charge in [-0.05, 0) is 55.7 Å². The Labute approximate surface area is 168 Å². The van der Waals surface area contributed by atoms with E-state index in [1.165, 1.54) is 0 Å². The van der Waals surface area contributed by atoms with Crippen LogP contribution in [0.3, 0.4) is 0 Å². The van der Waals surface area contributed by atoms with Gasteiger partial charge in [-0.3, -0.25) is 4.79 Å². The summed E-state index contributed by atoms with van der Waals surface area (Å²) in [6.45, 7) is 6.38. The number of hydrogen-bond donors (Lipinski definition) is 1. The van der Waals surface area contributed by atoms with E-state index < -0.39 is 0 Å². The van der Waals surface area contributed by atoms with Crippen LogP contribution in [0.25, 0.3) is 0 Å². The highest BCUT2D eigenvalue weighted by atomic mass is 16.5. The Kier molecular flexibility index (Phi) is 9.35. The molecule has 1 amide bonds. The van der Waals surface area contributed by atoms with E-state index >= 15 is 0 Å². The smallest absolute Gasteiger partial charge is 0.251 e. The van der Waals surface area contributed by atoms with Crippen LogP contribution in [-0.2, 0) is 17.8 Å². The lowest BCUT2D eigenvalue weighted by molar-refractivity contribution is 0.0953. The van der Waals surface area contributed by atoms with Crippen molar-refractivity contribution in [2.75, 3.05) is 26.9 Å². The fourth-order valence-corrected chi connectivity index (χ4v) is 2.77. The molecule has 5 nitrogen and oxygen atoms in total. The zero-order valence-electron chi connectivity index (χ0n) is 17.1. The van der Waals surface area contributed by atoms with E-state index in [0.717, 1.165) is 41.9 Å². The Hall–Kier alpha value is -2.53. The van der Waals surface area contributed by atoms with Crippen LogP contribution >= 0.6 is 0 Å². The average Bonchev–Trinajstić information content (AvgIpc) is 2.72. The zero-order chi connectivity index (χ0) is 20.2. The van der Waals surface area contributed by atoms with Gasteiger partial charge in [-0.1, -0.05) is 25.5 Å². The molecule has 0 atom stereocenters. The number of carbonyl (C=O) groups is 1. The summed E-state index contributed by atoms with van der Waals surface area (Å²) in [5.41, 5.74) is 2.67. The standard InChI is InChI=1S/C23H31NO4/c1-4-6-15-27-17-20-16-19(9-12-22(20)28-5-2)23(25)24-14-13-18-7-10-21(26-3)11-8-18/h7-12,16H,4-6,13-15,17H2,1-3H3,(H,24,25). The van der Waals surface area contributed by atoms with Gasteiger partial charge in [0.15, 0.2) is 0 Å². The molecule has 0 fully saturated rings. The van der Waals surface area contributed by atoms with Crippen molar-refractivity contribution in [1.29, 1.82) is 0 Å². The lowest BCUT2D eigenvalue weighted by atomic mass is 10.1. The molecule has 0 aromatic heterocycles. The van der Waals surface area contributed by atoms with Gasteiger partial charge in [0.1, 0.15) is 11.5 Å². The molecule has 0 aliphatic carbocycles. The van der Waals surface area contributed by atoms with E-state index in [9.17, 15) is 4.79 Å². The molecule has 0 bridgehead atoms. The molecule has 0 aliphatic heterocycles. The third-order valence-electron chi connectivity index (χ3n) is 4.38. The maximum atomic E-state index is 12.5. The topological polar surface area (TPSA) is 56.8 Å². The average molecular weight is 386 g/mol. The number of nitrogens with one attached hydrogen (secondary N) is 1. The van der Waals surface area contributed by atoms with Crippen molar-refractivity contribution in [2.24, 2.45) is 0 Å². The van der Waals surface area contributed by atoms with Gasteiger partial charge in [0.2, 0.25) is 0 Å². The van der Waals surface area contributed by atoms with E-state index in [2.05, 4.69) is 12.2 Å². The number of hydrogen-bond acceptors (Lipinski definition) is 4. The van der Waals surface area contributed by atoms with Crippen LogP contribution in [0.2, 0.25) is 0 Å². The first-order chi connectivity index (χ1) is 13.7. The summed E-state index contributed by atoms with van der Waals surface area (Å²) < 4.78 is 16.5.